The fourth-order valence-corrected chi connectivity index (χ4v) is 2.53. The number of hydrazine groups is 1. The summed E-state index contributed by atoms with van der Waals surface area (Å²) in [7, 11) is 0. The van der Waals surface area contributed by atoms with E-state index < -0.39 is 0 Å². The Labute approximate surface area is 116 Å². The van der Waals surface area contributed by atoms with E-state index in [9.17, 15) is 0 Å². The lowest BCUT2D eigenvalue weighted by molar-refractivity contribution is 0.0735. The Morgan fingerprint density at radius 1 is 1.33 bits per heavy atom. The number of thiocarbonyl (C=S) groups is 1. The third-order valence-electron chi connectivity index (χ3n) is 3.38. The zero-order chi connectivity index (χ0) is 13.4. The van der Waals surface area contributed by atoms with Gasteiger partial charge in [0.25, 0.3) is 0 Å². The van der Waals surface area contributed by atoms with Crippen LogP contribution in [0.1, 0.15) is 46.5 Å². The van der Waals surface area contributed by atoms with E-state index in [0.717, 1.165) is 31.3 Å². The van der Waals surface area contributed by atoms with Gasteiger partial charge in [0.1, 0.15) is 0 Å². The molecule has 1 heterocycles. The van der Waals surface area contributed by atoms with Gasteiger partial charge in [0.2, 0.25) is 0 Å². The van der Waals surface area contributed by atoms with E-state index in [4.69, 9.17) is 17.0 Å². The summed E-state index contributed by atoms with van der Waals surface area (Å²) in [4.78, 5) is 0. The van der Waals surface area contributed by atoms with Gasteiger partial charge in [-0.15, -0.1) is 0 Å². The first-order valence-electron chi connectivity index (χ1n) is 7.05. The summed E-state index contributed by atoms with van der Waals surface area (Å²) in [5.41, 5.74) is 3.32. The largest absolute Gasteiger partial charge is 0.382 e. The number of piperidine rings is 1. The fraction of sp³-hybridized carbons (Fsp3) is 0.923. The highest BCUT2D eigenvalue weighted by Crippen LogP contribution is 2.19. The van der Waals surface area contributed by atoms with Gasteiger partial charge >= 0.3 is 0 Å². The number of hydrogen-bond acceptors (Lipinski definition) is 3. The van der Waals surface area contributed by atoms with Crippen LogP contribution in [0.2, 0.25) is 0 Å². The first kappa shape index (κ1) is 15.7. The average molecular weight is 273 g/mol. The molecule has 0 aromatic carbocycles. The molecule has 4 nitrogen and oxygen atoms in total. The van der Waals surface area contributed by atoms with Crippen molar-refractivity contribution < 1.29 is 4.74 Å². The van der Waals surface area contributed by atoms with Gasteiger partial charge < -0.3 is 10.1 Å². The lowest BCUT2D eigenvalue weighted by Crippen LogP contribution is -2.56. The van der Waals surface area contributed by atoms with E-state index in [1.165, 1.54) is 19.3 Å². The Morgan fingerprint density at radius 3 is 2.61 bits per heavy atom. The Morgan fingerprint density at radius 2 is 2.00 bits per heavy atom. The normalized spacial score (nSPS) is 24.8. The van der Waals surface area contributed by atoms with Crippen molar-refractivity contribution in [1.29, 1.82) is 0 Å². The Balaban J connectivity index is 2.18. The van der Waals surface area contributed by atoms with E-state index in [1.807, 2.05) is 6.92 Å². The van der Waals surface area contributed by atoms with Crippen LogP contribution < -0.4 is 10.7 Å². The molecule has 1 rings (SSSR count). The Kier molecular flexibility index (Phi) is 7.54. The number of nitrogens with one attached hydrogen (secondary N) is 2. The van der Waals surface area contributed by atoms with Gasteiger partial charge in [-0.05, 0) is 52.3 Å². The second-order valence-electron chi connectivity index (χ2n) is 4.95. The van der Waals surface area contributed by atoms with Gasteiger partial charge in [-0.3, -0.25) is 5.43 Å². The minimum Gasteiger partial charge on any atom is -0.382 e. The van der Waals surface area contributed by atoms with E-state index in [-0.39, 0.29) is 0 Å². The maximum absolute atomic E-state index is 5.31. The van der Waals surface area contributed by atoms with E-state index in [2.05, 4.69) is 29.6 Å². The van der Waals surface area contributed by atoms with Crippen LogP contribution in [0.5, 0.6) is 0 Å². The van der Waals surface area contributed by atoms with Crippen LogP contribution in [0.25, 0.3) is 0 Å². The molecule has 1 aliphatic rings. The molecule has 0 saturated carbocycles. The molecule has 1 fully saturated rings. The predicted octanol–water partition coefficient (Wildman–Crippen LogP) is 2.05. The van der Waals surface area contributed by atoms with Gasteiger partial charge in [-0.2, -0.15) is 0 Å². The lowest BCUT2D eigenvalue weighted by Gasteiger charge is -2.39. The third-order valence-corrected chi connectivity index (χ3v) is 3.61. The summed E-state index contributed by atoms with van der Waals surface area (Å²) in [6.45, 7) is 8.95. The van der Waals surface area contributed by atoms with Crippen molar-refractivity contribution in [2.75, 3.05) is 19.8 Å². The number of hydrogen-bond donors (Lipinski definition) is 2. The Hall–Kier alpha value is -0.390. The molecule has 0 aromatic rings. The zero-order valence-electron chi connectivity index (χ0n) is 11.9. The SMILES string of the molecule is CCOCCCNC(=S)NN1C(C)CCCC1C. The number of rotatable bonds is 6. The predicted molar refractivity (Wildman–Crippen MR) is 79.5 cm³/mol. The summed E-state index contributed by atoms with van der Waals surface area (Å²) < 4.78 is 5.29. The molecule has 2 N–H and O–H groups in total. The minimum absolute atomic E-state index is 0.553. The molecule has 2 unspecified atom stereocenters. The van der Waals surface area contributed by atoms with E-state index in [1.54, 1.807) is 0 Å². The first-order chi connectivity index (χ1) is 8.65. The summed E-state index contributed by atoms with van der Waals surface area (Å²) >= 11 is 5.31. The average Bonchev–Trinajstić information content (AvgIpc) is 2.34. The van der Waals surface area contributed by atoms with Crippen LogP contribution in [0.15, 0.2) is 0 Å². The summed E-state index contributed by atoms with van der Waals surface area (Å²) in [5, 5.41) is 6.24. The van der Waals surface area contributed by atoms with Crippen molar-refractivity contribution in [3.05, 3.63) is 0 Å². The summed E-state index contributed by atoms with van der Waals surface area (Å²) in [5.74, 6) is 0. The van der Waals surface area contributed by atoms with Gasteiger partial charge in [0.05, 0.1) is 0 Å². The van der Waals surface area contributed by atoms with Crippen LogP contribution in [0, 0.1) is 0 Å². The monoisotopic (exact) mass is 273 g/mol. The van der Waals surface area contributed by atoms with Gasteiger partial charge in [0, 0.05) is 31.8 Å². The van der Waals surface area contributed by atoms with Gasteiger partial charge in [-0.25, -0.2) is 5.01 Å². The fourth-order valence-electron chi connectivity index (χ4n) is 2.32. The smallest absolute Gasteiger partial charge is 0.181 e. The van der Waals surface area contributed by atoms with Crippen molar-refractivity contribution in [3.8, 4) is 0 Å². The molecular weight excluding hydrogens is 246 g/mol. The van der Waals surface area contributed by atoms with Crippen molar-refractivity contribution >= 4 is 17.3 Å². The first-order valence-corrected chi connectivity index (χ1v) is 7.46. The van der Waals surface area contributed by atoms with Crippen molar-refractivity contribution in [2.24, 2.45) is 0 Å². The second-order valence-corrected chi connectivity index (χ2v) is 5.36. The lowest BCUT2D eigenvalue weighted by atomic mass is 10.00. The van der Waals surface area contributed by atoms with Crippen LogP contribution in [-0.2, 0) is 4.74 Å². The van der Waals surface area contributed by atoms with Crippen molar-refractivity contribution in [3.63, 3.8) is 0 Å². The molecule has 106 valence electrons. The minimum atomic E-state index is 0.553. The molecule has 0 spiro atoms. The molecule has 2 atom stereocenters. The summed E-state index contributed by atoms with van der Waals surface area (Å²) in [6.07, 6.45) is 4.78. The Bertz CT molecular complexity index is 240. The van der Waals surface area contributed by atoms with Gasteiger partial charge in [0.15, 0.2) is 5.11 Å². The quantitative estimate of drug-likeness (QED) is 0.572. The molecule has 1 saturated heterocycles. The molecule has 0 radical (unpaired) electrons. The molecule has 1 aliphatic heterocycles. The maximum Gasteiger partial charge on any atom is 0.181 e. The second kappa shape index (κ2) is 8.67. The molecule has 18 heavy (non-hydrogen) atoms. The van der Waals surface area contributed by atoms with Crippen LogP contribution >= 0.6 is 12.2 Å². The van der Waals surface area contributed by atoms with Crippen LogP contribution in [0.4, 0.5) is 0 Å². The number of ether oxygens (including phenoxy) is 1. The van der Waals surface area contributed by atoms with Crippen LogP contribution in [0.3, 0.4) is 0 Å². The molecule has 0 aliphatic carbocycles. The van der Waals surface area contributed by atoms with E-state index in [0.29, 0.717) is 12.1 Å². The van der Waals surface area contributed by atoms with Crippen molar-refractivity contribution in [2.45, 2.75) is 58.5 Å². The zero-order valence-corrected chi connectivity index (χ0v) is 12.7. The highest BCUT2D eigenvalue weighted by molar-refractivity contribution is 7.80. The van der Waals surface area contributed by atoms with E-state index >= 15 is 0 Å². The molecule has 0 amide bonds. The highest BCUT2D eigenvalue weighted by Gasteiger charge is 2.24. The standard InChI is InChI=1S/C13H27N3OS/c1-4-17-10-6-9-14-13(18)15-16-11(2)7-5-8-12(16)3/h11-12H,4-10H2,1-3H3,(H2,14,15,18). The van der Waals surface area contributed by atoms with Crippen LogP contribution in [-0.4, -0.2) is 42.0 Å². The summed E-state index contributed by atoms with van der Waals surface area (Å²) in [6, 6.07) is 1.11. The topological polar surface area (TPSA) is 36.5 Å². The molecule has 5 heteroatoms. The maximum atomic E-state index is 5.31. The third kappa shape index (κ3) is 5.50. The molecule has 0 aromatic heterocycles. The number of nitrogens with zero attached hydrogens (tertiary/aromatic N) is 1. The molecule has 0 bridgehead atoms. The van der Waals surface area contributed by atoms with Gasteiger partial charge in [-0.1, -0.05) is 6.42 Å². The molecular formula is C13H27N3OS. The highest BCUT2D eigenvalue weighted by atomic mass is 32.1. The van der Waals surface area contributed by atoms with Crippen molar-refractivity contribution in [1.82, 2.24) is 15.8 Å².